The lowest BCUT2D eigenvalue weighted by molar-refractivity contribution is -0.870. The average molecular weight is 994 g/mol. The molecular weight excluding hydrogens is 894 g/mol. The van der Waals surface area contributed by atoms with E-state index in [0.29, 0.717) is 23.9 Å². The number of esters is 2. The Kier molecular flexibility index (Phi) is 47.8. The number of rotatable bonds is 48. The summed E-state index contributed by atoms with van der Waals surface area (Å²) < 4.78 is 34.1. The molecule has 2 unspecified atom stereocenters. The van der Waals surface area contributed by atoms with Gasteiger partial charge < -0.3 is 27.9 Å². The number of likely N-dealkylation sites (N-methyl/N-ethyl adjacent to an activating group) is 1. The number of phosphoric ester groups is 1. The van der Waals surface area contributed by atoms with Gasteiger partial charge in [0.05, 0.1) is 27.7 Å². The SMILES string of the molecule is CC/C=C\C/C=C\C/C=C\C/C=C\C/C=C\CCCCCCCCCCCCCC(=O)OC(COC(=O)CCCCC/C=C\C/C=C\C/C=C\C/C=C\C/C=C\CC)COP(=O)([O-])OCC[N+](C)(C)C. The van der Waals surface area contributed by atoms with Crippen LogP contribution in [0, 0.1) is 0 Å². The molecule has 0 rings (SSSR count). The molecule has 398 valence electrons. The van der Waals surface area contributed by atoms with Crippen molar-refractivity contribution >= 4 is 19.8 Å². The first kappa shape index (κ1) is 66.4. The van der Waals surface area contributed by atoms with E-state index in [2.05, 4.69) is 135 Å². The zero-order chi connectivity index (χ0) is 51.3. The summed E-state index contributed by atoms with van der Waals surface area (Å²) in [5, 5.41) is 0. The van der Waals surface area contributed by atoms with Crippen molar-refractivity contribution in [1.29, 1.82) is 0 Å². The Morgan fingerprint density at radius 1 is 0.443 bits per heavy atom. The van der Waals surface area contributed by atoms with Gasteiger partial charge in [0.15, 0.2) is 6.10 Å². The molecule has 0 aromatic rings. The van der Waals surface area contributed by atoms with Crippen LogP contribution in [0.1, 0.15) is 194 Å². The minimum absolute atomic E-state index is 0.0439. The van der Waals surface area contributed by atoms with Crippen molar-refractivity contribution in [3.63, 3.8) is 0 Å². The Balaban J connectivity index is 4.28. The maximum Gasteiger partial charge on any atom is 0.306 e. The lowest BCUT2D eigenvalue weighted by Gasteiger charge is -2.28. The lowest BCUT2D eigenvalue weighted by Crippen LogP contribution is -2.37. The molecule has 0 fully saturated rings. The fourth-order valence-electron chi connectivity index (χ4n) is 6.83. The summed E-state index contributed by atoms with van der Waals surface area (Å²) >= 11 is 0. The Morgan fingerprint density at radius 2 is 0.771 bits per heavy atom. The fraction of sp³-hybridized carbons (Fsp3) is 0.633. The third kappa shape index (κ3) is 53.8. The molecule has 0 aliphatic rings. The molecule has 0 N–H and O–H groups in total. The van der Waals surface area contributed by atoms with E-state index in [-0.39, 0.29) is 26.1 Å². The summed E-state index contributed by atoms with van der Waals surface area (Å²) in [4.78, 5) is 37.8. The first-order valence-corrected chi connectivity index (χ1v) is 28.7. The van der Waals surface area contributed by atoms with E-state index in [1.165, 1.54) is 44.9 Å². The van der Waals surface area contributed by atoms with Gasteiger partial charge in [0.2, 0.25) is 0 Å². The number of quaternary nitrogens is 1. The minimum Gasteiger partial charge on any atom is -0.756 e. The summed E-state index contributed by atoms with van der Waals surface area (Å²) in [5.74, 6) is -0.884. The van der Waals surface area contributed by atoms with Crippen LogP contribution < -0.4 is 4.89 Å². The number of carbonyl (C=O) groups excluding carboxylic acids is 2. The predicted molar refractivity (Wildman–Crippen MR) is 295 cm³/mol. The molecule has 0 saturated carbocycles. The standard InChI is InChI=1S/C60H100NO8P/c1-6-8-10-12-14-16-18-20-22-24-26-27-28-29-30-31-32-33-35-37-39-41-43-45-47-49-51-53-60(63)69-58(57-68-70(64,65)67-55-54-61(3,4)5)56-66-59(62)52-50-48-46-44-42-40-38-36-34-25-23-21-19-17-15-13-11-9-7-2/h8-11,14-17,20-23,26-27,29-30,34,36,40,42,58H,6-7,12-13,18-19,24-25,28,31-33,35,37-39,41,43-57H2,1-5H3/b10-8-,11-9-,16-14-,17-15-,22-20-,23-21-,27-26-,30-29-,36-34-,42-40-. The largest absolute Gasteiger partial charge is 0.756 e. The molecule has 0 aromatic carbocycles. The lowest BCUT2D eigenvalue weighted by atomic mass is 10.0. The van der Waals surface area contributed by atoms with Crippen LogP contribution >= 0.6 is 7.82 Å². The number of allylic oxidation sites excluding steroid dienone is 20. The quantitative estimate of drug-likeness (QED) is 0.0195. The first-order chi connectivity index (χ1) is 34.0. The Labute approximate surface area is 428 Å². The molecule has 0 amide bonds. The van der Waals surface area contributed by atoms with Gasteiger partial charge in [-0.3, -0.25) is 14.2 Å². The molecule has 0 heterocycles. The third-order valence-electron chi connectivity index (χ3n) is 11.0. The summed E-state index contributed by atoms with van der Waals surface area (Å²) in [5.41, 5.74) is 0. The van der Waals surface area contributed by atoms with Crippen LogP contribution in [0.25, 0.3) is 0 Å². The number of hydrogen-bond acceptors (Lipinski definition) is 8. The van der Waals surface area contributed by atoms with E-state index >= 15 is 0 Å². The van der Waals surface area contributed by atoms with Gasteiger partial charge in [-0.05, 0) is 103 Å². The average Bonchev–Trinajstić information content (AvgIpc) is 3.32. The van der Waals surface area contributed by atoms with E-state index in [1.54, 1.807) is 0 Å². The van der Waals surface area contributed by atoms with Crippen LogP contribution in [0.2, 0.25) is 0 Å². The first-order valence-electron chi connectivity index (χ1n) is 27.2. The number of ether oxygens (including phenoxy) is 2. The van der Waals surface area contributed by atoms with Crippen LogP contribution in [-0.4, -0.2) is 70.0 Å². The molecule has 0 saturated heterocycles. The van der Waals surface area contributed by atoms with Gasteiger partial charge in [-0.25, -0.2) is 0 Å². The number of hydrogen-bond donors (Lipinski definition) is 0. The van der Waals surface area contributed by atoms with Crippen molar-refractivity contribution < 1.29 is 42.1 Å². The number of carbonyl (C=O) groups is 2. The molecule has 9 nitrogen and oxygen atoms in total. The topological polar surface area (TPSA) is 111 Å². The molecule has 2 atom stereocenters. The normalized spacial score (nSPS) is 14.3. The molecule has 0 aromatic heterocycles. The number of phosphoric acid groups is 1. The summed E-state index contributed by atoms with van der Waals surface area (Å²) in [6.07, 6.45) is 70.9. The second kappa shape index (κ2) is 50.4. The van der Waals surface area contributed by atoms with E-state index in [9.17, 15) is 19.0 Å². The van der Waals surface area contributed by atoms with Gasteiger partial charge >= 0.3 is 11.9 Å². The number of unbranched alkanes of at least 4 members (excludes halogenated alkanes) is 14. The monoisotopic (exact) mass is 994 g/mol. The van der Waals surface area contributed by atoms with E-state index in [0.717, 1.165) is 109 Å². The van der Waals surface area contributed by atoms with Crippen LogP contribution in [0.3, 0.4) is 0 Å². The zero-order valence-corrected chi connectivity index (χ0v) is 45.8. The van der Waals surface area contributed by atoms with Gasteiger partial charge in [0.25, 0.3) is 7.82 Å². The van der Waals surface area contributed by atoms with Crippen molar-refractivity contribution in [2.45, 2.75) is 200 Å². The summed E-state index contributed by atoms with van der Waals surface area (Å²) in [7, 11) is 1.13. The molecule has 0 bridgehead atoms. The van der Waals surface area contributed by atoms with Crippen molar-refractivity contribution in [2.75, 3.05) is 47.5 Å². The van der Waals surface area contributed by atoms with Gasteiger partial charge in [0, 0.05) is 12.8 Å². The molecular formula is C60H100NO8P. The highest BCUT2D eigenvalue weighted by molar-refractivity contribution is 7.45. The van der Waals surface area contributed by atoms with Crippen LogP contribution in [-0.2, 0) is 32.7 Å². The number of nitrogens with zero attached hydrogens (tertiary/aromatic N) is 1. The maximum atomic E-state index is 12.8. The van der Waals surface area contributed by atoms with Crippen molar-refractivity contribution in [3.8, 4) is 0 Å². The molecule has 0 aliphatic heterocycles. The highest BCUT2D eigenvalue weighted by Crippen LogP contribution is 2.38. The second-order valence-electron chi connectivity index (χ2n) is 18.8. The molecule has 0 radical (unpaired) electrons. The van der Waals surface area contributed by atoms with Crippen LogP contribution in [0.5, 0.6) is 0 Å². The van der Waals surface area contributed by atoms with Gasteiger partial charge in [-0.2, -0.15) is 0 Å². The van der Waals surface area contributed by atoms with Crippen molar-refractivity contribution in [3.05, 3.63) is 122 Å². The second-order valence-corrected chi connectivity index (χ2v) is 20.2. The van der Waals surface area contributed by atoms with Crippen LogP contribution in [0.15, 0.2) is 122 Å². The predicted octanol–water partition coefficient (Wildman–Crippen LogP) is 16.2. The van der Waals surface area contributed by atoms with Gasteiger partial charge in [0.1, 0.15) is 19.8 Å². The van der Waals surface area contributed by atoms with Gasteiger partial charge in [-0.1, -0.05) is 200 Å². The van der Waals surface area contributed by atoms with Gasteiger partial charge in [-0.15, -0.1) is 0 Å². The third-order valence-corrected chi connectivity index (χ3v) is 11.9. The van der Waals surface area contributed by atoms with Crippen molar-refractivity contribution in [2.24, 2.45) is 0 Å². The van der Waals surface area contributed by atoms with E-state index in [1.807, 2.05) is 21.1 Å². The molecule has 70 heavy (non-hydrogen) atoms. The Morgan fingerprint density at radius 3 is 1.16 bits per heavy atom. The highest BCUT2D eigenvalue weighted by atomic mass is 31.2. The smallest absolute Gasteiger partial charge is 0.306 e. The molecule has 10 heteroatoms. The Bertz CT molecular complexity index is 1590. The fourth-order valence-corrected chi connectivity index (χ4v) is 7.55. The molecule has 0 spiro atoms. The summed E-state index contributed by atoms with van der Waals surface area (Å²) in [6, 6.07) is 0. The zero-order valence-electron chi connectivity index (χ0n) is 44.9. The highest BCUT2D eigenvalue weighted by Gasteiger charge is 2.21. The summed E-state index contributed by atoms with van der Waals surface area (Å²) in [6.45, 7) is 3.95. The van der Waals surface area contributed by atoms with E-state index < -0.39 is 32.5 Å². The maximum absolute atomic E-state index is 12.8. The Hall–Kier alpha value is -3.59. The molecule has 0 aliphatic carbocycles. The minimum atomic E-state index is -4.65. The van der Waals surface area contributed by atoms with E-state index in [4.69, 9.17) is 18.5 Å². The van der Waals surface area contributed by atoms with Crippen LogP contribution in [0.4, 0.5) is 0 Å². The van der Waals surface area contributed by atoms with Crippen molar-refractivity contribution in [1.82, 2.24) is 0 Å².